The largest absolute Gasteiger partial charge is 0.366 e. The Kier molecular flexibility index (Phi) is 5.34. The van der Waals surface area contributed by atoms with E-state index < -0.39 is 8.41 Å². The first-order chi connectivity index (χ1) is 12.5. The van der Waals surface area contributed by atoms with E-state index in [1.165, 1.54) is 33.0 Å². The van der Waals surface area contributed by atoms with Crippen molar-refractivity contribution in [1.29, 1.82) is 0 Å². The summed E-state index contributed by atoms with van der Waals surface area (Å²) < 4.78 is 0. The average molecular weight is 442 g/mol. The molecular weight excluding hydrogens is 414 g/mol. The fourth-order valence-corrected chi connectivity index (χ4v) is 7.11. The van der Waals surface area contributed by atoms with Gasteiger partial charge in [-0.3, -0.25) is 4.79 Å². The molecule has 1 amide bonds. The third-order valence-corrected chi connectivity index (χ3v) is 8.15. The van der Waals surface area contributed by atoms with Crippen LogP contribution in [0.2, 0.25) is 13.1 Å². The topological polar surface area (TPSA) is 43.1 Å². The van der Waals surface area contributed by atoms with Crippen LogP contribution in [-0.2, 0) is 16.6 Å². The molecule has 4 heteroatoms. The van der Waals surface area contributed by atoms with Gasteiger partial charge in [-0.25, -0.2) is 0 Å². The second kappa shape index (κ2) is 7.14. The Labute approximate surface area is 172 Å². The van der Waals surface area contributed by atoms with Crippen molar-refractivity contribution in [1.82, 2.24) is 0 Å². The molecule has 0 saturated carbocycles. The molecule has 0 bridgehead atoms. The van der Waals surface area contributed by atoms with Gasteiger partial charge in [0.15, 0.2) is 0 Å². The minimum atomic E-state index is -0.787. The van der Waals surface area contributed by atoms with Crippen LogP contribution in [0.25, 0.3) is 11.6 Å². The Morgan fingerprint density at radius 3 is 2.48 bits per heavy atom. The minimum Gasteiger partial charge on any atom is -0.366 e. The SMILES string of the molecule is CC1=Cc2cc(C(C)(C)C)cc(C3=C(C(N)=O)C=CC(Br)C3=[Si](C)C)c2C1. The molecule has 2 nitrogen and oxygen atoms in total. The molecular formula is C23H28BrNOSi. The van der Waals surface area contributed by atoms with E-state index >= 15 is 0 Å². The van der Waals surface area contributed by atoms with E-state index in [0.717, 1.165) is 12.0 Å². The molecule has 1 aromatic rings. The highest BCUT2D eigenvalue weighted by atomic mass is 79.9. The predicted octanol–water partition coefficient (Wildman–Crippen LogP) is 5.02. The number of allylic oxidation sites excluding steroid dienone is 3. The van der Waals surface area contributed by atoms with Gasteiger partial charge in [0.25, 0.3) is 0 Å². The lowest BCUT2D eigenvalue weighted by Gasteiger charge is -2.28. The maximum absolute atomic E-state index is 12.3. The van der Waals surface area contributed by atoms with E-state index in [1.807, 2.05) is 12.2 Å². The molecule has 1 atom stereocenters. The number of benzene rings is 1. The van der Waals surface area contributed by atoms with Gasteiger partial charge in [-0.15, -0.1) is 0 Å². The third kappa shape index (κ3) is 3.74. The summed E-state index contributed by atoms with van der Waals surface area (Å²) in [7, 11) is -0.787. The molecule has 0 radical (unpaired) electrons. The zero-order valence-corrected chi connectivity index (χ0v) is 19.6. The van der Waals surface area contributed by atoms with Crippen molar-refractivity contribution in [2.45, 2.75) is 57.5 Å². The van der Waals surface area contributed by atoms with Gasteiger partial charge >= 0.3 is 0 Å². The van der Waals surface area contributed by atoms with E-state index in [9.17, 15) is 4.79 Å². The van der Waals surface area contributed by atoms with Crippen molar-refractivity contribution >= 4 is 47.1 Å². The molecule has 2 N–H and O–H groups in total. The Morgan fingerprint density at radius 1 is 1.26 bits per heavy atom. The van der Waals surface area contributed by atoms with E-state index in [-0.39, 0.29) is 16.1 Å². The number of halogens is 1. The van der Waals surface area contributed by atoms with Crippen molar-refractivity contribution in [2.24, 2.45) is 5.73 Å². The van der Waals surface area contributed by atoms with Crippen molar-refractivity contribution in [3.8, 4) is 0 Å². The van der Waals surface area contributed by atoms with Crippen molar-refractivity contribution < 1.29 is 4.79 Å². The molecule has 0 aliphatic heterocycles. The summed E-state index contributed by atoms with van der Waals surface area (Å²) >= 11 is 3.82. The lowest BCUT2D eigenvalue weighted by molar-refractivity contribution is -0.114. The van der Waals surface area contributed by atoms with Crippen molar-refractivity contribution in [2.75, 3.05) is 0 Å². The summed E-state index contributed by atoms with van der Waals surface area (Å²) in [6.45, 7) is 13.5. The van der Waals surface area contributed by atoms with Gasteiger partial charge in [-0.1, -0.05) is 85.7 Å². The number of fused-ring (bicyclic) bond motifs is 1. The summed E-state index contributed by atoms with van der Waals surface area (Å²) in [6.07, 6.45) is 7.17. The number of carbonyl (C=O) groups excluding carboxylic acids is 1. The van der Waals surface area contributed by atoms with Crippen LogP contribution >= 0.6 is 15.9 Å². The van der Waals surface area contributed by atoms with Crippen LogP contribution in [-0.4, -0.2) is 24.3 Å². The number of amides is 1. The number of carbonyl (C=O) groups is 1. The Hall–Kier alpha value is -1.52. The van der Waals surface area contributed by atoms with E-state index in [2.05, 4.69) is 74.9 Å². The normalized spacial score (nSPS) is 19.3. The molecule has 0 aromatic heterocycles. The average Bonchev–Trinajstić information content (AvgIpc) is 2.92. The molecule has 0 spiro atoms. The fraction of sp³-hybridized carbons (Fsp3) is 0.391. The van der Waals surface area contributed by atoms with Crippen LogP contribution in [0.15, 0.2) is 35.4 Å². The van der Waals surface area contributed by atoms with E-state index in [4.69, 9.17) is 5.73 Å². The van der Waals surface area contributed by atoms with Gasteiger partial charge < -0.3 is 5.73 Å². The highest BCUT2D eigenvalue weighted by Gasteiger charge is 2.29. The monoisotopic (exact) mass is 441 g/mol. The van der Waals surface area contributed by atoms with Gasteiger partial charge in [0.2, 0.25) is 5.91 Å². The molecule has 1 aromatic carbocycles. The molecule has 142 valence electrons. The van der Waals surface area contributed by atoms with Crippen LogP contribution in [0.3, 0.4) is 0 Å². The predicted molar refractivity (Wildman–Crippen MR) is 123 cm³/mol. The van der Waals surface area contributed by atoms with Gasteiger partial charge in [-0.2, -0.15) is 0 Å². The molecule has 3 rings (SSSR count). The van der Waals surface area contributed by atoms with Gasteiger partial charge in [0, 0.05) is 14.0 Å². The number of hydrogen-bond acceptors (Lipinski definition) is 1. The van der Waals surface area contributed by atoms with Gasteiger partial charge in [-0.05, 0) is 51.8 Å². The summed E-state index contributed by atoms with van der Waals surface area (Å²) in [5.41, 5.74) is 14.0. The molecule has 1 unspecified atom stereocenters. The van der Waals surface area contributed by atoms with E-state index in [1.54, 1.807) is 0 Å². The second-order valence-electron chi connectivity index (χ2n) is 8.84. The molecule has 0 heterocycles. The molecule has 27 heavy (non-hydrogen) atoms. The number of nitrogens with two attached hydrogens (primary N) is 1. The minimum absolute atomic E-state index is 0.0340. The van der Waals surface area contributed by atoms with E-state index in [0.29, 0.717) is 5.57 Å². The number of hydrogen-bond donors (Lipinski definition) is 1. The smallest absolute Gasteiger partial charge is 0.249 e. The second-order valence-corrected chi connectivity index (χ2v) is 12.4. The van der Waals surface area contributed by atoms with Crippen LogP contribution < -0.4 is 5.73 Å². The maximum Gasteiger partial charge on any atom is 0.249 e. The highest BCUT2D eigenvalue weighted by molar-refractivity contribution is 9.10. The van der Waals surface area contributed by atoms with Crippen LogP contribution in [0.5, 0.6) is 0 Å². The molecule has 2 aliphatic carbocycles. The Bertz CT molecular complexity index is 953. The standard InChI is InChI=1S/C23H28BrNOSi/c1-13-9-14-11-15(23(2,3)4)12-18(17(14)10-13)20-16(22(25)26)7-8-19(24)21(20)27(5)6/h7-9,11-12,19H,10H2,1-6H3,(H2,25,26). The Morgan fingerprint density at radius 2 is 1.93 bits per heavy atom. The zero-order valence-electron chi connectivity index (χ0n) is 17.0. The first-order valence-electron chi connectivity index (χ1n) is 9.39. The van der Waals surface area contributed by atoms with Crippen molar-refractivity contribution in [3.63, 3.8) is 0 Å². The van der Waals surface area contributed by atoms with Crippen molar-refractivity contribution in [3.05, 3.63) is 57.7 Å². The highest BCUT2D eigenvalue weighted by Crippen LogP contribution is 2.39. The molecule has 0 saturated heterocycles. The van der Waals surface area contributed by atoms with Gasteiger partial charge in [0.1, 0.15) is 0 Å². The third-order valence-electron chi connectivity index (χ3n) is 5.33. The fourth-order valence-electron chi connectivity index (χ4n) is 3.94. The number of primary amides is 1. The Balaban J connectivity index is 2.41. The quantitative estimate of drug-likeness (QED) is 0.507. The molecule has 0 fully saturated rings. The maximum atomic E-state index is 12.3. The zero-order chi connectivity index (χ0) is 20.1. The first kappa shape index (κ1) is 20.2. The molecule has 2 aliphatic rings. The lowest BCUT2D eigenvalue weighted by atomic mass is 9.80. The summed E-state index contributed by atoms with van der Waals surface area (Å²) in [5, 5.41) is 1.33. The number of rotatable bonds is 2. The lowest BCUT2D eigenvalue weighted by Crippen LogP contribution is -2.29. The summed E-state index contributed by atoms with van der Waals surface area (Å²) in [6, 6.07) is 4.61. The van der Waals surface area contributed by atoms with Crippen LogP contribution in [0.4, 0.5) is 0 Å². The van der Waals surface area contributed by atoms with Crippen LogP contribution in [0, 0.1) is 0 Å². The number of alkyl halides is 1. The first-order valence-corrected chi connectivity index (χ1v) is 12.8. The van der Waals surface area contributed by atoms with Crippen LogP contribution in [0.1, 0.15) is 49.9 Å². The van der Waals surface area contributed by atoms with Gasteiger partial charge in [0.05, 0.1) is 4.83 Å². The summed E-state index contributed by atoms with van der Waals surface area (Å²) in [4.78, 5) is 12.5. The summed E-state index contributed by atoms with van der Waals surface area (Å²) in [5.74, 6) is -0.348.